The van der Waals surface area contributed by atoms with Gasteiger partial charge in [0.25, 0.3) is 0 Å². The van der Waals surface area contributed by atoms with Gasteiger partial charge in [-0.3, -0.25) is 14.4 Å². The molecule has 162 valence electrons. The van der Waals surface area contributed by atoms with Crippen LogP contribution < -0.4 is 27.4 Å². The molecule has 0 aliphatic rings. The topological polar surface area (TPSA) is 197 Å². The second-order valence-electron chi connectivity index (χ2n) is 6.83. The van der Waals surface area contributed by atoms with Gasteiger partial charge in [0.1, 0.15) is 6.04 Å². The number of hydrogen-bond donors (Lipinski definition) is 7. The van der Waals surface area contributed by atoms with Crippen LogP contribution in [0.5, 0.6) is 0 Å². The summed E-state index contributed by atoms with van der Waals surface area (Å²) in [5.74, 6) is -3.20. The molecule has 0 saturated carbocycles. The van der Waals surface area contributed by atoms with Crippen molar-refractivity contribution < 1.29 is 29.4 Å². The van der Waals surface area contributed by atoms with Crippen LogP contribution in [0.2, 0.25) is 0 Å². The third-order valence-corrected chi connectivity index (χ3v) is 3.93. The number of aliphatic carboxylic acids is 2. The van der Waals surface area contributed by atoms with E-state index in [9.17, 15) is 24.3 Å². The molecular weight excluding hydrogens is 370 g/mol. The summed E-state index contributed by atoms with van der Waals surface area (Å²) in [6.07, 6.45) is 0.781. The Hall–Kier alpha value is -2.24. The average molecular weight is 403 g/mol. The van der Waals surface area contributed by atoms with Crippen molar-refractivity contribution in [3.8, 4) is 0 Å². The normalized spacial score (nSPS) is 14.2. The number of carbonyl (C=O) groups is 4. The molecule has 11 nitrogen and oxygen atoms in total. The van der Waals surface area contributed by atoms with Crippen LogP contribution >= 0.6 is 0 Å². The fraction of sp³-hybridized carbons (Fsp3) is 0.765. The van der Waals surface area contributed by atoms with Gasteiger partial charge in [-0.05, 0) is 25.7 Å². The van der Waals surface area contributed by atoms with E-state index in [1.54, 1.807) is 0 Å². The minimum absolute atomic E-state index is 0.0771. The molecule has 0 aromatic rings. The van der Waals surface area contributed by atoms with E-state index in [0.717, 1.165) is 0 Å². The number of nitrogens with two attached hydrogens (primary N) is 2. The third-order valence-electron chi connectivity index (χ3n) is 3.93. The van der Waals surface area contributed by atoms with Crippen LogP contribution in [0.4, 0.5) is 0 Å². The molecular formula is C17H33N5O6. The van der Waals surface area contributed by atoms with Gasteiger partial charge >= 0.3 is 11.9 Å². The van der Waals surface area contributed by atoms with Crippen molar-refractivity contribution in [1.82, 2.24) is 16.0 Å². The van der Waals surface area contributed by atoms with Crippen LogP contribution in [-0.4, -0.2) is 71.2 Å². The Morgan fingerprint density at radius 2 is 1.61 bits per heavy atom. The van der Waals surface area contributed by atoms with Crippen molar-refractivity contribution in [3.05, 3.63) is 0 Å². The van der Waals surface area contributed by atoms with Gasteiger partial charge in [-0.1, -0.05) is 13.8 Å². The number of hydrogen-bond acceptors (Lipinski definition) is 7. The number of carbonyl (C=O) groups excluding carboxylic acids is 2. The van der Waals surface area contributed by atoms with Crippen molar-refractivity contribution in [1.29, 1.82) is 0 Å². The number of rotatable bonds is 15. The van der Waals surface area contributed by atoms with Crippen molar-refractivity contribution in [2.75, 3.05) is 13.1 Å². The van der Waals surface area contributed by atoms with Crippen LogP contribution in [0, 0.1) is 0 Å². The van der Waals surface area contributed by atoms with E-state index in [1.165, 1.54) is 0 Å². The number of carboxylic acid groups (broad SMARTS) is 2. The average Bonchev–Trinajstić information content (AvgIpc) is 2.61. The fourth-order valence-corrected chi connectivity index (χ4v) is 2.41. The molecule has 0 heterocycles. The minimum atomic E-state index is -1.20. The molecule has 0 aliphatic heterocycles. The molecule has 0 rings (SSSR count). The fourth-order valence-electron chi connectivity index (χ4n) is 2.41. The lowest BCUT2D eigenvalue weighted by Crippen LogP contribution is -2.51. The number of carboxylic acids is 2. The van der Waals surface area contributed by atoms with Crippen LogP contribution in [0.1, 0.15) is 46.0 Å². The molecule has 0 aromatic heterocycles. The lowest BCUT2D eigenvalue weighted by molar-refractivity contribution is -0.142. The zero-order chi connectivity index (χ0) is 21.7. The van der Waals surface area contributed by atoms with Gasteiger partial charge in [0, 0.05) is 25.6 Å². The van der Waals surface area contributed by atoms with Crippen LogP contribution in [-0.2, 0) is 19.2 Å². The molecule has 0 spiro atoms. The molecule has 1 unspecified atom stereocenters. The number of nitrogens with one attached hydrogen (secondary N) is 3. The first-order chi connectivity index (χ1) is 13.1. The summed E-state index contributed by atoms with van der Waals surface area (Å²) in [5.41, 5.74) is 11.1. The monoisotopic (exact) mass is 403 g/mol. The molecule has 11 heteroatoms. The first-order valence-electron chi connectivity index (χ1n) is 9.32. The first kappa shape index (κ1) is 25.8. The van der Waals surface area contributed by atoms with Crippen molar-refractivity contribution >= 4 is 23.8 Å². The third kappa shape index (κ3) is 11.5. The smallest absolute Gasteiger partial charge is 0.326 e. The van der Waals surface area contributed by atoms with Gasteiger partial charge in [-0.15, -0.1) is 0 Å². The van der Waals surface area contributed by atoms with Gasteiger partial charge in [-0.25, -0.2) is 4.79 Å². The first-order valence-corrected chi connectivity index (χ1v) is 9.32. The molecule has 28 heavy (non-hydrogen) atoms. The summed E-state index contributed by atoms with van der Waals surface area (Å²) in [4.78, 5) is 45.6. The largest absolute Gasteiger partial charge is 0.481 e. The Kier molecular flexibility index (Phi) is 12.7. The predicted molar refractivity (Wildman–Crippen MR) is 102 cm³/mol. The maximum Gasteiger partial charge on any atom is 0.326 e. The summed E-state index contributed by atoms with van der Waals surface area (Å²) in [6.45, 7) is 4.33. The summed E-state index contributed by atoms with van der Waals surface area (Å²) in [6, 6.07) is -2.59. The van der Waals surface area contributed by atoms with Crippen LogP contribution in [0.3, 0.4) is 0 Å². The van der Waals surface area contributed by atoms with E-state index in [0.29, 0.717) is 19.4 Å². The molecule has 0 radical (unpaired) electrons. The molecule has 0 aliphatic carbocycles. The minimum Gasteiger partial charge on any atom is -0.481 e. The molecule has 0 fully saturated rings. The Morgan fingerprint density at radius 3 is 2.11 bits per heavy atom. The van der Waals surface area contributed by atoms with E-state index < -0.39 is 36.0 Å². The van der Waals surface area contributed by atoms with E-state index >= 15 is 0 Å². The van der Waals surface area contributed by atoms with Gasteiger partial charge < -0.3 is 37.6 Å². The van der Waals surface area contributed by atoms with Crippen LogP contribution in [0.25, 0.3) is 0 Å². The SMILES string of the molecule is CC(C)N[C@@H](CN)C(=O)NCCCCC(NC(=O)[C@@H](N)CCC(=O)O)C(=O)O. The Bertz CT molecular complexity index is 528. The lowest BCUT2D eigenvalue weighted by atomic mass is 10.1. The Morgan fingerprint density at radius 1 is 0.964 bits per heavy atom. The van der Waals surface area contributed by atoms with Gasteiger partial charge in [0.2, 0.25) is 11.8 Å². The molecule has 2 amide bonds. The highest BCUT2D eigenvalue weighted by atomic mass is 16.4. The summed E-state index contributed by atoms with van der Waals surface area (Å²) < 4.78 is 0. The zero-order valence-corrected chi connectivity index (χ0v) is 16.4. The van der Waals surface area contributed by atoms with E-state index in [-0.39, 0.29) is 37.8 Å². The second kappa shape index (κ2) is 13.9. The Balaban J connectivity index is 4.26. The van der Waals surface area contributed by atoms with E-state index in [1.807, 2.05) is 13.8 Å². The zero-order valence-electron chi connectivity index (χ0n) is 16.4. The number of amides is 2. The van der Waals surface area contributed by atoms with E-state index in [2.05, 4.69) is 16.0 Å². The molecule has 3 atom stereocenters. The molecule has 9 N–H and O–H groups in total. The predicted octanol–water partition coefficient (Wildman–Crippen LogP) is -1.64. The highest BCUT2D eigenvalue weighted by Crippen LogP contribution is 2.03. The van der Waals surface area contributed by atoms with Crippen molar-refractivity contribution in [3.63, 3.8) is 0 Å². The second-order valence-corrected chi connectivity index (χ2v) is 6.83. The van der Waals surface area contributed by atoms with Gasteiger partial charge in [0.05, 0.1) is 12.1 Å². The van der Waals surface area contributed by atoms with Gasteiger partial charge in [-0.2, -0.15) is 0 Å². The van der Waals surface area contributed by atoms with Gasteiger partial charge in [0.15, 0.2) is 0 Å². The quantitative estimate of drug-likeness (QED) is 0.157. The standard InChI is InChI=1S/C17H33N5O6/c1-10(2)21-13(9-18)16(26)20-8-4-3-5-12(17(27)28)22-15(25)11(19)6-7-14(23)24/h10-13,21H,3-9,18-19H2,1-2H3,(H,20,26)(H,22,25)(H,23,24)(H,27,28)/t11-,12?,13-/m0/s1. The molecule has 0 bridgehead atoms. The van der Waals surface area contributed by atoms with Crippen LogP contribution in [0.15, 0.2) is 0 Å². The lowest BCUT2D eigenvalue weighted by Gasteiger charge is -2.19. The Labute approximate surface area is 164 Å². The highest BCUT2D eigenvalue weighted by molar-refractivity contribution is 5.87. The van der Waals surface area contributed by atoms with Crippen molar-refractivity contribution in [2.24, 2.45) is 11.5 Å². The number of unbranched alkanes of at least 4 members (excludes halogenated alkanes) is 1. The maximum absolute atomic E-state index is 12.0. The summed E-state index contributed by atoms with van der Waals surface area (Å²) in [7, 11) is 0. The molecule has 0 saturated heterocycles. The van der Waals surface area contributed by atoms with E-state index in [4.69, 9.17) is 16.6 Å². The summed E-state index contributed by atoms with van der Waals surface area (Å²) >= 11 is 0. The van der Waals surface area contributed by atoms with Crippen molar-refractivity contribution in [2.45, 2.75) is 70.1 Å². The summed E-state index contributed by atoms with van der Waals surface area (Å²) in [5, 5.41) is 25.9. The molecule has 0 aromatic carbocycles. The highest BCUT2D eigenvalue weighted by Gasteiger charge is 2.23. The maximum atomic E-state index is 12.0.